The molecule has 126 valence electrons. The van der Waals surface area contributed by atoms with Crippen LogP contribution in [-0.4, -0.2) is 27.5 Å². The number of nitrogens with zero attached hydrogens (tertiary/aromatic N) is 2. The number of nitrogens with two attached hydrogens (primary N) is 1. The van der Waals surface area contributed by atoms with E-state index in [-0.39, 0.29) is 30.3 Å². The number of halogens is 1. The van der Waals surface area contributed by atoms with Crippen molar-refractivity contribution in [2.24, 2.45) is 5.73 Å². The van der Waals surface area contributed by atoms with Crippen LogP contribution in [-0.2, 0) is 11.3 Å². The Bertz CT molecular complexity index is 755. The van der Waals surface area contributed by atoms with Gasteiger partial charge in [0.05, 0.1) is 17.2 Å². The van der Waals surface area contributed by atoms with E-state index < -0.39 is 5.54 Å². The summed E-state index contributed by atoms with van der Waals surface area (Å²) in [6, 6.07) is 5.51. The summed E-state index contributed by atoms with van der Waals surface area (Å²) in [6.45, 7) is 6.29. The van der Waals surface area contributed by atoms with Crippen LogP contribution < -0.4 is 16.6 Å². The lowest BCUT2D eigenvalue weighted by atomic mass is 10.1. The van der Waals surface area contributed by atoms with Crippen molar-refractivity contribution in [3.8, 4) is 0 Å². The Morgan fingerprint density at radius 1 is 1.39 bits per heavy atom. The van der Waals surface area contributed by atoms with E-state index in [0.717, 1.165) is 5.56 Å². The van der Waals surface area contributed by atoms with Gasteiger partial charge >= 0.3 is 0 Å². The molecule has 2 rings (SSSR count). The number of hydrogen-bond donors (Lipinski definition) is 2. The predicted octanol–water partition coefficient (Wildman–Crippen LogP) is 1.37. The van der Waals surface area contributed by atoms with Crippen molar-refractivity contribution in [3.63, 3.8) is 0 Å². The van der Waals surface area contributed by atoms with Crippen molar-refractivity contribution in [2.75, 3.05) is 6.54 Å². The monoisotopic (exact) mass is 338 g/mol. The molecule has 1 aromatic carbocycles. The lowest BCUT2D eigenvalue weighted by Gasteiger charge is -2.24. The molecule has 1 amide bonds. The number of nitrogens with one attached hydrogen (secondary N) is 1. The minimum absolute atomic E-state index is 0. The highest BCUT2D eigenvalue weighted by molar-refractivity contribution is 5.85. The maximum atomic E-state index is 12.4. The molecule has 0 saturated heterocycles. The molecule has 0 fully saturated rings. The average Bonchev–Trinajstić information content (AvgIpc) is 2.47. The standard InChI is InChI=1S/C16H22N4O2.ClH/c1-11-5-4-6-12-14(11)18-10-20(15(12)22)8-7-13(21)19-16(2,3)9-17;/h4-6,10H,7-9,17H2,1-3H3,(H,19,21);1H. The van der Waals surface area contributed by atoms with Gasteiger partial charge in [-0.3, -0.25) is 14.2 Å². The molecule has 3 N–H and O–H groups in total. The Kier molecular flexibility index (Phi) is 6.29. The number of para-hydroxylation sites is 1. The fourth-order valence-corrected chi connectivity index (χ4v) is 2.21. The minimum Gasteiger partial charge on any atom is -0.350 e. The topological polar surface area (TPSA) is 90.0 Å². The molecule has 23 heavy (non-hydrogen) atoms. The molecule has 7 heteroatoms. The van der Waals surface area contributed by atoms with Crippen LogP contribution in [0.5, 0.6) is 0 Å². The number of rotatable bonds is 5. The van der Waals surface area contributed by atoms with Gasteiger partial charge in [0, 0.05) is 25.0 Å². The SMILES string of the molecule is Cc1cccc2c(=O)n(CCC(=O)NC(C)(C)CN)cnc12.Cl. The molecule has 1 heterocycles. The summed E-state index contributed by atoms with van der Waals surface area (Å²) >= 11 is 0. The minimum atomic E-state index is -0.444. The Labute approximate surface area is 141 Å². The van der Waals surface area contributed by atoms with E-state index in [1.165, 1.54) is 10.9 Å². The normalized spacial score (nSPS) is 11.1. The summed E-state index contributed by atoms with van der Waals surface area (Å²) < 4.78 is 1.47. The first-order valence-electron chi connectivity index (χ1n) is 7.30. The van der Waals surface area contributed by atoms with Gasteiger partial charge in [-0.15, -0.1) is 12.4 Å². The van der Waals surface area contributed by atoms with Crippen LogP contribution >= 0.6 is 12.4 Å². The number of carbonyl (C=O) groups is 1. The number of hydrogen-bond acceptors (Lipinski definition) is 4. The van der Waals surface area contributed by atoms with Crippen LogP contribution in [0.2, 0.25) is 0 Å². The van der Waals surface area contributed by atoms with E-state index >= 15 is 0 Å². The second-order valence-electron chi connectivity index (χ2n) is 6.10. The molecule has 2 aromatic rings. The van der Waals surface area contributed by atoms with Gasteiger partial charge in [-0.2, -0.15) is 0 Å². The van der Waals surface area contributed by atoms with Crippen LogP contribution in [0.4, 0.5) is 0 Å². The predicted molar refractivity (Wildman–Crippen MR) is 93.9 cm³/mol. The van der Waals surface area contributed by atoms with Crippen LogP contribution in [0.25, 0.3) is 10.9 Å². The van der Waals surface area contributed by atoms with Crippen LogP contribution in [0.15, 0.2) is 29.3 Å². The van der Waals surface area contributed by atoms with Gasteiger partial charge < -0.3 is 11.1 Å². The van der Waals surface area contributed by atoms with Crippen molar-refractivity contribution in [3.05, 3.63) is 40.4 Å². The Balaban J connectivity index is 0.00000264. The molecule has 0 bridgehead atoms. The van der Waals surface area contributed by atoms with E-state index in [4.69, 9.17) is 5.73 Å². The van der Waals surface area contributed by atoms with Crippen molar-refractivity contribution >= 4 is 29.2 Å². The molecular weight excluding hydrogens is 316 g/mol. The van der Waals surface area contributed by atoms with Crippen molar-refractivity contribution in [1.82, 2.24) is 14.9 Å². The molecular formula is C16H23ClN4O2. The van der Waals surface area contributed by atoms with Gasteiger partial charge in [0.25, 0.3) is 5.56 Å². The molecule has 0 unspecified atom stereocenters. The fourth-order valence-electron chi connectivity index (χ4n) is 2.21. The summed E-state index contributed by atoms with van der Waals surface area (Å²) in [6.07, 6.45) is 1.71. The highest BCUT2D eigenvalue weighted by Crippen LogP contribution is 2.11. The maximum Gasteiger partial charge on any atom is 0.261 e. The molecule has 0 saturated carbocycles. The number of fused-ring (bicyclic) bond motifs is 1. The summed E-state index contributed by atoms with van der Waals surface area (Å²) in [5.41, 5.74) is 6.68. The highest BCUT2D eigenvalue weighted by atomic mass is 35.5. The van der Waals surface area contributed by atoms with Crippen LogP contribution in [0.3, 0.4) is 0 Å². The Hall–Kier alpha value is -1.92. The first-order valence-corrected chi connectivity index (χ1v) is 7.30. The van der Waals surface area contributed by atoms with Gasteiger partial charge in [-0.25, -0.2) is 4.98 Å². The second-order valence-corrected chi connectivity index (χ2v) is 6.10. The highest BCUT2D eigenvalue weighted by Gasteiger charge is 2.18. The lowest BCUT2D eigenvalue weighted by Crippen LogP contribution is -2.49. The number of benzene rings is 1. The van der Waals surface area contributed by atoms with Gasteiger partial charge in [-0.05, 0) is 32.4 Å². The van der Waals surface area contributed by atoms with E-state index in [2.05, 4.69) is 10.3 Å². The van der Waals surface area contributed by atoms with E-state index in [0.29, 0.717) is 24.0 Å². The third kappa shape index (κ3) is 4.53. The maximum absolute atomic E-state index is 12.4. The van der Waals surface area contributed by atoms with Gasteiger partial charge in [0.1, 0.15) is 0 Å². The summed E-state index contributed by atoms with van der Waals surface area (Å²) in [5, 5.41) is 3.42. The number of aryl methyl sites for hydroxylation is 2. The summed E-state index contributed by atoms with van der Waals surface area (Å²) in [5.74, 6) is -0.133. The van der Waals surface area contributed by atoms with Crippen molar-refractivity contribution in [1.29, 1.82) is 0 Å². The Morgan fingerprint density at radius 2 is 2.09 bits per heavy atom. The van der Waals surface area contributed by atoms with Crippen molar-refractivity contribution < 1.29 is 4.79 Å². The number of carbonyl (C=O) groups excluding carboxylic acids is 1. The molecule has 6 nitrogen and oxygen atoms in total. The average molecular weight is 339 g/mol. The zero-order chi connectivity index (χ0) is 16.3. The third-order valence-electron chi connectivity index (χ3n) is 3.62. The molecule has 0 atom stereocenters. The van der Waals surface area contributed by atoms with E-state index in [1.807, 2.05) is 32.9 Å². The zero-order valence-electron chi connectivity index (χ0n) is 13.6. The lowest BCUT2D eigenvalue weighted by molar-refractivity contribution is -0.122. The number of amides is 1. The largest absolute Gasteiger partial charge is 0.350 e. The zero-order valence-corrected chi connectivity index (χ0v) is 14.4. The first kappa shape index (κ1) is 19.1. The molecule has 0 aliphatic rings. The molecule has 0 radical (unpaired) electrons. The first-order chi connectivity index (χ1) is 10.3. The summed E-state index contributed by atoms with van der Waals surface area (Å²) in [7, 11) is 0. The van der Waals surface area contributed by atoms with Gasteiger partial charge in [0.15, 0.2) is 0 Å². The second kappa shape index (κ2) is 7.57. The number of aromatic nitrogens is 2. The smallest absolute Gasteiger partial charge is 0.261 e. The fraction of sp³-hybridized carbons (Fsp3) is 0.438. The quantitative estimate of drug-likeness (QED) is 0.861. The third-order valence-corrected chi connectivity index (χ3v) is 3.62. The Morgan fingerprint density at radius 3 is 2.74 bits per heavy atom. The molecule has 0 aliphatic heterocycles. The van der Waals surface area contributed by atoms with E-state index in [1.54, 1.807) is 6.07 Å². The van der Waals surface area contributed by atoms with Gasteiger partial charge in [0.2, 0.25) is 5.91 Å². The molecule has 0 aliphatic carbocycles. The molecule has 1 aromatic heterocycles. The van der Waals surface area contributed by atoms with E-state index in [9.17, 15) is 9.59 Å². The summed E-state index contributed by atoms with van der Waals surface area (Å²) in [4.78, 5) is 28.6. The van der Waals surface area contributed by atoms with Crippen LogP contribution in [0.1, 0.15) is 25.8 Å². The van der Waals surface area contributed by atoms with Crippen molar-refractivity contribution in [2.45, 2.75) is 39.3 Å². The van der Waals surface area contributed by atoms with Crippen LogP contribution in [0, 0.1) is 6.92 Å². The molecule has 0 spiro atoms. The van der Waals surface area contributed by atoms with Gasteiger partial charge in [-0.1, -0.05) is 12.1 Å².